The SMILES string of the molecule is CC1CC(CN)CN1c1ncnc2nc[nH]c12. The van der Waals surface area contributed by atoms with Crippen molar-refractivity contribution in [2.24, 2.45) is 11.7 Å². The molecule has 0 radical (unpaired) electrons. The highest BCUT2D eigenvalue weighted by molar-refractivity contribution is 5.82. The molecule has 1 aliphatic heterocycles. The highest BCUT2D eigenvalue weighted by Gasteiger charge is 2.30. The summed E-state index contributed by atoms with van der Waals surface area (Å²) in [6, 6.07) is 0.463. The van der Waals surface area contributed by atoms with Crippen molar-refractivity contribution in [3.63, 3.8) is 0 Å². The molecule has 6 heteroatoms. The number of aromatic amines is 1. The minimum Gasteiger partial charge on any atom is -0.352 e. The van der Waals surface area contributed by atoms with Crippen molar-refractivity contribution in [3.8, 4) is 0 Å². The number of hydrogen-bond donors (Lipinski definition) is 2. The number of nitrogens with one attached hydrogen (secondary N) is 1. The number of fused-ring (bicyclic) bond motifs is 1. The molecule has 0 aliphatic carbocycles. The number of hydrogen-bond acceptors (Lipinski definition) is 5. The molecule has 1 saturated heterocycles. The van der Waals surface area contributed by atoms with Gasteiger partial charge in [-0.3, -0.25) is 0 Å². The molecule has 2 atom stereocenters. The Morgan fingerprint density at radius 1 is 1.47 bits per heavy atom. The van der Waals surface area contributed by atoms with Crippen LogP contribution in [0.4, 0.5) is 5.82 Å². The minimum absolute atomic E-state index is 0.463. The van der Waals surface area contributed by atoms with Crippen molar-refractivity contribution in [2.75, 3.05) is 18.0 Å². The van der Waals surface area contributed by atoms with Crippen LogP contribution in [0.2, 0.25) is 0 Å². The molecular weight excluding hydrogens is 216 g/mol. The zero-order valence-corrected chi connectivity index (χ0v) is 9.80. The van der Waals surface area contributed by atoms with E-state index in [1.807, 2.05) is 0 Å². The van der Waals surface area contributed by atoms with E-state index in [1.165, 1.54) is 0 Å². The third-order valence-electron chi connectivity index (χ3n) is 3.47. The molecule has 90 valence electrons. The molecule has 2 unspecified atom stereocenters. The van der Waals surface area contributed by atoms with Crippen molar-refractivity contribution in [1.82, 2.24) is 19.9 Å². The van der Waals surface area contributed by atoms with Crippen LogP contribution >= 0.6 is 0 Å². The molecule has 0 spiro atoms. The molecule has 1 aliphatic rings. The zero-order chi connectivity index (χ0) is 11.8. The third-order valence-corrected chi connectivity index (χ3v) is 3.47. The van der Waals surface area contributed by atoms with Gasteiger partial charge < -0.3 is 15.6 Å². The summed E-state index contributed by atoms with van der Waals surface area (Å²) < 4.78 is 0. The zero-order valence-electron chi connectivity index (χ0n) is 9.80. The Hall–Kier alpha value is -1.69. The lowest BCUT2D eigenvalue weighted by Crippen LogP contribution is -2.28. The smallest absolute Gasteiger partial charge is 0.182 e. The first kappa shape index (κ1) is 10.5. The molecular formula is C11H16N6. The standard InChI is InChI=1S/C11H16N6/c1-7-2-8(3-12)4-17(7)11-9-10(14-5-13-9)15-6-16-11/h5-8H,2-4,12H2,1H3,(H,13,14,15,16). The van der Waals surface area contributed by atoms with Crippen LogP contribution < -0.4 is 10.6 Å². The molecule has 3 heterocycles. The van der Waals surface area contributed by atoms with Gasteiger partial charge in [-0.1, -0.05) is 0 Å². The first-order valence-electron chi connectivity index (χ1n) is 5.90. The summed E-state index contributed by atoms with van der Waals surface area (Å²) in [6.07, 6.45) is 4.35. The number of aromatic nitrogens is 4. The number of rotatable bonds is 2. The van der Waals surface area contributed by atoms with Gasteiger partial charge in [0.1, 0.15) is 11.8 Å². The average Bonchev–Trinajstić information content (AvgIpc) is 2.94. The summed E-state index contributed by atoms with van der Waals surface area (Å²) in [5.41, 5.74) is 7.38. The maximum absolute atomic E-state index is 5.75. The number of anilines is 1. The van der Waals surface area contributed by atoms with Crippen LogP contribution in [0.15, 0.2) is 12.7 Å². The maximum Gasteiger partial charge on any atom is 0.182 e. The van der Waals surface area contributed by atoms with Crippen LogP contribution in [0.3, 0.4) is 0 Å². The lowest BCUT2D eigenvalue weighted by atomic mass is 10.1. The van der Waals surface area contributed by atoms with Crippen LogP contribution in [0.25, 0.3) is 11.2 Å². The van der Waals surface area contributed by atoms with Crippen molar-refractivity contribution in [2.45, 2.75) is 19.4 Å². The summed E-state index contributed by atoms with van der Waals surface area (Å²) in [4.78, 5) is 18.1. The quantitative estimate of drug-likeness (QED) is 0.789. The third kappa shape index (κ3) is 1.64. The first-order chi connectivity index (χ1) is 8.29. The number of H-pyrrole nitrogens is 1. The lowest BCUT2D eigenvalue weighted by molar-refractivity contribution is 0.579. The van der Waals surface area contributed by atoms with Crippen molar-refractivity contribution in [3.05, 3.63) is 12.7 Å². The number of imidazole rings is 1. The van der Waals surface area contributed by atoms with Gasteiger partial charge in [0, 0.05) is 12.6 Å². The van der Waals surface area contributed by atoms with Crippen LogP contribution in [-0.4, -0.2) is 39.1 Å². The highest BCUT2D eigenvalue weighted by atomic mass is 15.3. The van der Waals surface area contributed by atoms with E-state index in [1.54, 1.807) is 12.7 Å². The second kappa shape index (κ2) is 3.96. The molecule has 1 fully saturated rings. The molecule has 2 aromatic heterocycles. The van der Waals surface area contributed by atoms with Gasteiger partial charge in [-0.15, -0.1) is 0 Å². The predicted molar refractivity (Wildman–Crippen MR) is 65.7 cm³/mol. The Morgan fingerprint density at radius 2 is 2.35 bits per heavy atom. The highest BCUT2D eigenvalue weighted by Crippen LogP contribution is 2.30. The topological polar surface area (TPSA) is 83.7 Å². The summed E-state index contributed by atoms with van der Waals surface area (Å²) in [6.45, 7) is 3.90. The van der Waals surface area contributed by atoms with Crippen molar-refractivity contribution in [1.29, 1.82) is 0 Å². The van der Waals surface area contributed by atoms with Gasteiger partial charge in [0.25, 0.3) is 0 Å². The van der Waals surface area contributed by atoms with E-state index in [-0.39, 0.29) is 0 Å². The van der Waals surface area contributed by atoms with Crippen molar-refractivity contribution >= 4 is 17.0 Å². The number of nitrogens with two attached hydrogens (primary N) is 1. The van der Waals surface area contributed by atoms with Crippen molar-refractivity contribution < 1.29 is 0 Å². The molecule has 0 bridgehead atoms. The second-order valence-electron chi connectivity index (χ2n) is 4.64. The normalized spacial score (nSPS) is 24.7. The fourth-order valence-electron chi connectivity index (χ4n) is 2.58. The maximum atomic E-state index is 5.75. The predicted octanol–water partition coefficient (Wildman–Crippen LogP) is 0.526. The van der Waals surface area contributed by atoms with E-state index in [9.17, 15) is 0 Å². The average molecular weight is 232 g/mol. The molecule has 3 N–H and O–H groups in total. The second-order valence-corrected chi connectivity index (χ2v) is 4.64. The summed E-state index contributed by atoms with van der Waals surface area (Å²) in [5.74, 6) is 1.49. The first-order valence-corrected chi connectivity index (χ1v) is 5.90. The molecule has 2 aromatic rings. The molecule has 0 saturated carbocycles. The van der Waals surface area contributed by atoms with Crippen LogP contribution in [-0.2, 0) is 0 Å². The Morgan fingerprint density at radius 3 is 3.12 bits per heavy atom. The van der Waals surface area contributed by atoms with Gasteiger partial charge in [-0.05, 0) is 25.8 Å². The van der Waals surface area contributed by atoms with Gasteiger partial charge in [0.05, 0.1) is 6.33 Å². The molecule has 0 aromatic carbocycles. The summed E-state index contributed by atoms with van der Waals surface area (Å²) in [5, 5.41) is 0. The summed E-state index contributed by atoms with van der Waals surface area (Å²) >= 11 is 0. The van der Waals surface area contributed by atoms with E-state index in [4.69, 9.17) is 5.73 Å². The number of nitrogens with zero attached hydrogens (tertiary/aromatic N) is 4. The van der Waals surface area contributed by atoms with E-state index in [0.717, 1.165) is 36.5 Å². The molecule has 0 amide bonds. The van der Waals surface area contributed by atoms with Crippen LogP contribution in [0.1, 0.15) is 13.3 Å². The van der Waals surface area contributed by atoms with Gasteiger partial charge in [-0.2, -0.15) is 0 Å². The van der Waals surface area contributed by atoms with Crippen LogP contribution in [0, 0.1) is 5.92 Å². The van der Waals surface area contributed by atoms with E-state index >= 15 is 0 Å². The van der Waals surface area contributed by atoms with E-state index in [2.05, 4.69) is 31.8 Å². The van der Waals surface area contributed by atoms with Crippen LogP contribution in [0.5, 0.6) is 0 Å². The Bertz CT molecular complexity index is 521. The van der Waals surface area contributed by atoms with E-state index < -0.39 is 0 Å². The minimum atomic E-state index is 0.463. The van der Waals surface area contributed by atoms with Gasteiger partial charge in [0.15, 0.2) is 11.5 Å². The molecule has 6 nitrogen and oxygen atoms in total. The molecule has 3 rings (SSSR count). The lowest BCUT2D eigenvalue weighted by Gasteiger charge is -2.22. The summed E-state index contributed by atoms with van der Waals surface area (Å²) in [7, 11) is 0. The van der Waals surface area contributed by atoms with E-state index in [0.29, 0.717) is 12.0 Å². The largest absolute Gasteiger partial charge is 0.352 e. The monoisotopic (exact) mass is 232 g/mol. The Balaban J connectivity index is 2.01. The van der Waals surface area contributed by atoms with Gasteiger partial charge >= 0.3 is 0 Å². The Kier molecular flexibility index (Phi) is 2.44. The van der Waals surface area contributed by atoms with Gasteiger partial charge in [0.2, 0.25) is 0 Å². The van der Waals surface area contributed by atoms with Gasteiger partial charge in [-0.25, -0.2) is 15.0 Å². The Labute approximate surface area is 99.3 Å². The molecule has 17 heavy (non-hydrogen) atoms. The fourth-order valence-corrected chi connectivity index (χ4v) is 2.58. The fraction of sp³-hybridized carbons (Fsp3) is 0.545.